The van der Waals surface area contributed by atoms with E-state index in [0.717, 1.165) is 30.3 Å². The summed E-state index contributed by atoms with van der Waals surface area (Å²) in [6.07, 6.45) is -10.6. The largest absolute Gasteiger partial charge is 0.437 e. The maximum Gasteiger partial charge on any atom is 0.437 e. The number of alkyl halides is 7. The van der Waals surface area contributed by atoms with Crippen LogP contribution in [-0.2, 0) is 26.7 Å². The van der Waals surface area contributed by atoms with E-state index in [9.17, 15) is 43.5 Å². The van der Waals surface area contributed by atoms with Crippen LogP contribution in [-0.4, -0.2) is 25.8 Å². The van der Waals surface area contributed by atoms with Crippen molar-refractivity contribution in [1.82, 2.24) is 4.98 Å². The van der Waals surface area contributed by atoms with Gasteiger partial charge in [0.25, 0.3) is 0 Å². The number of nitrogens with zero attached hydrogens (tertiary/aromatic N) is 1. The van der Waals surface area contributed by atoms with Gasteiger partial charge in [-0.05, 0) is 73.9 Å². The number of hydrogen-bond donors (Lipinski definition) is 0. The SMILES string of the molecule is O=S(=O)(c1ccc(F)cc1)C12CC[CH]C1CCc1nc(C(F)(C(F)(F)F)C(F)(F)F)ccc12. The molecule has 1 saturated carbocycles. The summed E-state index contributed by atoms with van der Waals surface area (Å²) >= 11 is 0. The second-order valence-electron chi connectivity index (χ2n) is 8.11. The van der Waals surface area contributed by atoms with E-state index in [4.69, 9.17) is 0 Å². The number of halogens is 8. The zero-order valence-electron chi connectivity index (χ0n) is 16.6. The maximum absolute atomic E-state index is 14.5. The molecule has 0 aliphatic heterocycles. The lowest BCUT2D eigenvalue weighted by Crippen LogP contribution is -2.51. The van der Waals surface area contributed by atoms with Crippen molar-refractivity contribution in [2.24, 2.45) is 5.92 Å². The van der Waals surface area contributed by atoms with Crippen LogP contribution in [0.5, 0.6) is 0 Å². The first-order valence-corrected chi connectivity index (χ1v) is 11.3. The van der Waals surface area contributed by atoms with E-state index in [0.29, 0.717) is 6.42 Å². The number of aromatic nitrogens is 1. The average molecular weight is 498 g/mol. The zero-order chi connectivity index (χ0) is 24.4. The Bertz CT molecular complexity index is 1160. The summed E-state index contributed by atoms with van der Waals surface area (Å²) in [5.41, 5.74) is -8.00. The van der Waals surface area contributed by atoms with Gasteiger partial charge in [-0.25, -0.2) is 17.2 Å². The highest BCUT2D eigenvalue weighted by molar-refractivity contribution is 7.92. The molecule has 0 saturated heterocycles. The van der Waals surface area contributed by atoms with Crippen molar-refractivity contribution in [3.05, 3.63) is 65.6 Å². The van der Waals surface area contributed by atoms with Gasteiger partial charge in [0, 0.05) is 5.69 Å². The number of benzene rings is 1. The molecule has 1 radical (unpaired) electrons. The Hall–Kier alpha value is -2.24. The van der Waals surface area contributed by atoms with Crippen molar-refractivity contribution >= 4 is 9.84 Å². The van der Waals surface area contributed by atoms with Crippen molar-refractivity contribution in [2.75, 3.05) is 0 Å². The summed E-state index contributed by atoms with van der Waals surface area (Å²) in [6, 6.07) is 5.02. The third-order valence-electron chi connectivity index (χ3n) is 6.43. The molecule has 2 aliphatic carbocycles. The lowest BCUT2D eigenvalue weighted by Gasteiger charge is -2.40. The monoisotopic (exact) mass is 498 g/mol. The van der Waals surface area contributed by atoms with Gasteiger partial charge in [0.2, 0.25) is 0 Å². The van der Waals surface area contributed by atoms with Gasteiger partial charge in [-0.15, -0.1) is 0 Å². The molecule has 33 heavy (non-hydrogen) atoms. The number of fused-ring (bicyclic) bond motifs is 3. The second kappa shape index (κ2) is 7.38. The Morgan fingerprint density at radius 3 is 2.09 bits per heavy atom. The van der Waals surface area contributed by atoms with Gasteiger partial charge in [0.15, 0.2) is 9.84 Å². The van der Waals surface area contributed by atoms with E-state index in [-0.39, 0.29) is 41.5 Å². The van der Waals surface area contributed by atoms with Crippen LogP contribution in [0.25, 0.3) is 0 Å². The van der Waals surface area contributed by atoms with E-state index in [1.165, 1.54) is 0 Å². The molecule has 12 heteroatoms. The fourth-order valence-corrected chi connectivity index (χ4v) is 7.26. The molecule has 0 N–H and O–H groups in total. The summed E-state index contributed by atoms with van der Waals surface area (Å²) in [7, 11) is -4.27. The van der Waals surface area contributed by atoms with Gasteiger partial charge in [-0.2, -0.15) is 26.3 Å². The molecule has 0 bridgehead atoms. The van der Waals surface area contributed by atoms with Gasteiger partial charge >= 0.3 is 18.0 Å². The molecule has 1 aromatic heterocycles. The molecule has 1 fully saturated rings. The molecule has 0 amide bonds. The van der Waals surface area contributed by atoms with Gasteiger partial charge in [-0.3, -0.25) is 4.98 Å². The molecule has 0 spiro atoms. The molecule has 1 aromatic carbocycles. The highest BCUT2D eigenvalue weighted by Crippen LogP contribution is 2.58. The van der Waals surface area contributed by atoms with Crippen LogP contribution < -0.4 is 0 Å². The Morgan fingerprint density at radius 2 is 1.52 bits per heavy atom. The lowest BCUT2D eigenvalue weighted by molar-refractivity contribution is -0.350. The molecular weight excluding hydrogens is 482 g/mol. The number of aryl methyl sites for hydroxylation is 1. The number of hydrogen-bond acceptors (Lipinski definition) is 3. The van der Waals surface area contributed by atoms with Crippen LogP contribution in [0.4, 0.5) is 35.1 Å². The number of pyridine rings is 1. The molecule has 179 valence electrons. The smallest absolute Gasteiger partial charge is 0.253 e. The normalized spacial score (nSPS) is 23.8. The minimum atomic E-state index is -6.33. The third kappa shape index (κ3) is 3.27. The van der Waals surface area contributed by atoms with Crippen molar-refractivity contribution in [3.63, 3.8) is 0 Å². The van der Waals surface area contributed by atoms with E-state index in [1.54, 1.807) is 6.42 Å². The van der Waals surface area contributed by atoms with Crippen LogP contribution >= 0.6 is 0 Å². The van der Waals surface area contributed by atoms with Crippen LogP contribution in [0.15, 0.2) is 41.3 Å². The maximum atomic E-state index is 14.5. The lowest BCUT2D eigenvalue weighted by atomic mass is 9.77. The zero-order valence-corrected chi connectivity index (χ0v) is 17.5. The van der Waals surface area contributed by atoms with Crippen molar-refractivity contribution in [3.8, 4) is 0 Å². The van der Waals surface area contributed by atoms with Crippen LogP contribution in [0.3, 0.4) is 0 Å². The van der Waals surface area contributed by atoms with Crippen LogP contribution in [0.2, 0.25) is 0 Å². The summed E-state index contributed by atoms with van der Waals surface area (Å²) in [6.45, 7) is 0. The quantitative estimate of drug-likeness (QED) is 0.401. The topological polar surface area (TPSA) is 47.0 Å². The molecule has 2 unspecified atom stereocenters. The summed E-state index contributed by atoms with van der Waals surface area (Å²) in [5, 5.41) is 0. The highest BCUT2D eigenvalue weighted by Gasteiger charge is 2.74. The molecule has 2 aliphatic rings. The highest BCUT2D eigenvalue weighted by atomic mass is 32.2. The Kier molecular flexibility index (Phi) is 5.34. The molecular formula is C21H16F8NO2S. The average Bonchev–Trinajstić information content (AvgIpc) is 3.17. The number of sulfone groups is 1. The fourth-order valence-electron chi connectivity index (χ4n) is 4.88. The second-order valence-corrected chi connectivity index (χ2v) is 10.3. The van der Waals surface area contributed by atoms with Gasteiger partial charge < -0.3 is 0 Å². The third-order valence-corrected chi connectivity index (χ3v) is 9.00. The minimum Gasteiger partial charge on any atom is -0.253 e. The van der Waals surface area contributed by atoms with E-state index in [2.05, 4.69) is 4.98 Å². The van der Waals surface area contributed by atoms with Gasteiger partial charge in [0.1, 0.15) is 10.6 Å². The molecule has 3 nitrogen and oxygen atoms in total. The molecule has 2 aromatic rings. The van der Waals surface area contributed by atoms with E-state index in [1.807, 2.05) is 0 Å². The molecule has 4 rings (SSSR count). The predicted octanol–water partition coefficient (Wildman–Crippen LogP) is 5.74. The van der Waals surface area contributed by atoms with E-state index >= 15 is 0 Å². The molecule has 2 atom stereocenters. The number of rotatable bonds is 3. The first kappa shape index (κ1) is 23.9. The molecule has 1 heterocycles. The van der Waals surface area contributed by atoms with Crippen LogP contribution in [0, 0.1) is 18.2 Å². The Morgan fingerprint density at radius 1 is 0.909 bits per heavy atom. The van der Waals surface area contributed by atoms with E-state index < -0.39 is 50.0 Å². The summed E-state index contributed by atoms with van der Waals surface area (Å²) < 4.78 is 133. The van der Waals surface area contributed by atoms with Crippen molar-refractivity contribution in [2.45, 2.75) is 53.3 Å². The summed E-state index contributed by atoms with van der Waals surface area (Å²) in [4.78, 5) is 3.15. The van der Waals surface area contributed by atoms with Gasteiger partial charge in [0.05, 0.1) is 10.6 Å². The first-order valence-electron chi connectivity index (χ1n) is 9.83. The Balaban J connectivity index is 1.92. The minimum absolute atomic E-state index is 0.00468. The van der Waals surface area contributed by atoms with Crippen molar-refractivity contribution in [1.29, 1.82) is 0 Å². The standard InChI is InChI=1S/C21H16F8NO2S/c22-13-4-6-14(7-5-13)33(31,32)18-11-1-2-12(18)3-9-16-15(18)8-10-17(30-16)19(23,20(24,25)26)21(27,28)29/h2,4-8,10,12H,1,3,9,11H2. The van der Waals surface area contributed by atoms with Crippen molar-refractivity contribution < 1.29 is 43.5 Å². The fraction of sp³-hybridized carbons (Fsp3) is 0.429. The first-order chi connectivity index (χ1) is 15.2. The predicted molar refractivity (Wildman–Crippen MR) is 99.7 cm³/mol. The Labute approximate surface area is 183 Å². The van der Waals surface area contributed by atoms with Crippen LogP contribution in [0.1, 0.15) is 36.2 Å². The van der Waals surface area contributed by atoms with Gasteiger partial charge in [-0.1, -0.05) is 6.07 Å². The summed E-state index contributed by atoms with van der Waals surface area (Å²) in [5.74, 6) is -1.28.